The average Bonchev–Trinajstić information content (AvgIpc) is 3.02. The van der Waals surface area contributed by atoms with E-state index in [0.717, 1.165) is 31.0 Å². The van der Waals surface area contributed by atoms with Gasteiger partial charge in [-0.15, -0.1) is 0 Å². The summed E-state index contributed by atoms with van der Waals surface area (Å²) in [5.41, 5.74) is -0.498. The lowest BCUT2D eigenvalue weighted by Crippen LogP contribution is -2.50. The third-order valence-electron chi connectivity index (χ3n) is 4.79. The van der Waals surface area contributed by atoms with Gasteiger partial charge in [0.05, 0.1) is 12.6 Å². The van der Waals surface area contributed by atoms with Crippen molar-refractivity contribution in [3.8, 4) is 0 Å². The lowest BCUT2D eigenvalue weighted by Gasteiger charge is -2.35. The Morgan fingerprint density at radius 3 is 2.21 bits per heavy atom. The molecular weight excluding hydrogens is 370 g/mol. The molecule has 0 saturated carbocycles. The molecule has 2 aliphatic rings. The molecule has 2 atom stereocenters. The summed E-state index contributed by atoms with van der Waals surface area (Å²) >= 11 is 0. The van der Waals surface area contributed by atoms with Crippen LogP contribution in [0.15, 0.2) is 0 Å². The first kappa shape index (κ1) is 22.2. The van der Waals surface area contributed by atoms with E-state index in [2.05, 4.69) is 4.90 Å². The second kappa shape index (κ2) is 9.42. The summed E-state index contributed by atoms with van der Waals surface area (Å²) in [7, 11) is 0. The van der Waals surface area contributed by atoms with Gasteiger partial charge in [0.15, 0.2) is 0 Å². The number of hydrogen-bond acceptors (Lipinski definition) is 6. The Labute approximate surface area is 165 Å². The van der Waals surface area contributed by atoms with Gasteiger partial charge in [-0.2, -0.15) is 0 Å². The molecule has 2 rings (SSSR count). The Kier molecular flexibility index (Phi) is 7.48. The second-order valence-electron chi connectivity index (χ2n) is 8.18. The number of carbonyl (C=O) groups excluding carboxylic acids is 1. The second-order valence-corrected chi connectivity index (χ2v) is 8.18. The summed E-state index contributed by atoms with van der Waals surface area (Å²) in [6.45, 7) is 9.63. The zero-order valence-corrected chi connectivity index (χ0v) is 16.8. The maximum atomic E-state index is 12.1. The molecule has 0 bridgehead atoms. The highest BCUT2D eigenvalue weighted by molar-refractivity contribution is 5.80. The van der Waals surface area contributed by atoms with Crippen molar-refractivity contribution < 1.29 is 34.1 Å². The molecule has 10 nitrogen and oxygen atoms in total. The van der Waals surface area contributed by atoms with Crippen LogP contribution in [0.25, 0.3) is 0 Å². The van der Waals surface area contributed by atoms with Crippen LogP contribution in [0.4, 0.5) is 9.59 Å². The standard InChI is InChI=1S/C18H31N3O7/c1-18(2,3)28-17(26)20-8-6-19(7-9-20)5-4-10-27-13-11-14(15(22)23)21(12-13)16(24)25/h13-14H,4-12H2,1-3H3,(H,22,23)(H,24,25). The van der Waals surface area contributed by atoms with E-state index in [1.165, 1.54) is 0 Å². The van der Waals surface area contributed by atoms with Crippen LogP contribution in [-0.2, 0) is 14.3 Å². The fourth-order valence-corrected chi connectivity index (χ4v) is 3.38. The average molecular weight is 401 g/mol. The minimum Gasteiger partial charge on any atom is -0.480 e. The molecule has 0 aromatic carbocycles. The third-order valence-corrected chi connectivity index (χ3v) is 4.79. The summed E-state index contributed by atoms with van der Waals surface area (Å²) in [4.78, 5) is 39.2. The Hall–Kier alpha value is -2.07. The van der Waals surface area contributed by atoms with Crippen molar-refractivity contribution in [3.63, 3.8) is 0 Å². The lowest BCUT2D eigenvalue weighted by atomic mass is 10.2. The maximum Gasteiger partial charge on any atom is 0.410 e. The number of nitrogens with zero attached hydrogens (tertiary/aromatic N) is 3. The van der Waals surface area contributed by atoms with Gasteiger partial charge in [-0.1, -0.05) is 0 Å². The fraction of sp³-hybridized carbons (Fsp3) is 0.833. The number of carboxylic acid groups (broad SMARTS) is 2. The highest BCUT2D eigenvalue weighted by Crippen LogP contribution is 2.21. The number of carbonyl (C=O) groups is 3. The summed E-state index contributed by atoms with van der Waals surface area (Å²) < 4.78 is 11.1. The number of rotatable bonds is 6. The van der Waals surface area contributed by atoms with Gasteiger partial charge in [0.25, 0.3) is 0 Å². The van der Waals surface area contributed by atoms with Gasteiger partial charge < -0.3 is 24.6 Å². The van der Waals surface area contributed by atoms with Gasteiger partial charge in [-0.3, -0.25) is 9.80 Å². The molecule has 2 fully saturated rings. The van der Waals surface area contributed by atoms with E-state index < -0.39 is 23.7 Å². The maximum absolute atomic E-state index is 12.1. The Bertz CT molecular complexity index is 548. The smallest absolute Gasteiger partial charge is 0.410 e. The number of aliphatic carboxylic acids is 1. The lowest BCUT2D eigenvalue weighted by molar-refractivity contribution is -0.141. The zero-order chi connectivity index (χ0) is 20.9. The molecule has 0 radical (unpaired) electrons. The molecule has 160 valence electrons. The molecule has 0 aliphatic carbocycles. The number of amides is 2. The zero-order valence-electron chi connectivity index (χ0n) is 16.8. The van der Waals surface area contributed by atoms with Crippen LogP contribution in [0.3, 0.4) is 0 Å². The molecule has 0 aromatic heterocycles. The van der Waals surface area contributed by atoms with Crippen molar-refractivity contribution in [2.45, 2.75) is 51.4 Å². The number of ether oxygens (including phenoxy) is 2. The van der Waals surface area contributed by atoms with E-state index in [0.29, 0.717) is 19.7 Å². The van der Waals surface area contributed by atoms with E-state index in [4.69, 9.17) is 19.7 Å². The fourth-order valence-electron chi connectivity index (χ4n) is 3.38. The van der Waals surface area contributed by atoms with E-state index in [1.807, 2.05) is 20.8 Å². The first-order valence-corrected chi connectivity index (χ1v) is 9.61. The first-order chi connectivity index (χ1) is 13.1. The topological polar surface area (TPSA) is 120 Å². The summed E-state index contributed by atoms with van der Waals surface area (Å²) in [5.74, 6) is -1.14. The van der Waals surface area contributed by atoms with Crippen molar-refractivity contribution in [2.75, 3.05) is 45.9 Å². The molecule has 28 heavy (non-hydrogen) atoms. The van der Waals surface area contributed by atoms with Gasteiger partial charge in [0, 0.05) is 45.8 Å². The Balaban J connectivity index is 1.63. The Morgan fingerprint density at radius 2 is 1.71 bits per heavy atom. The van der Waals surface area contributed by atoms with Crippen molar-refractivity contribution in [1.82, 2.24) is 14.7 Å². The van der Waals surface area contributed by atoms with Gasteiger partial charge in [-0.25, -0.2) is 14.4 Å². The van der Waals surface area contributed by atoms with Crippen molar-refractivity contribution in [1.29, 1.82) is 0 Å². The highest BCUT2D eigenvalue weighted by atomic mass is 16.6. The number of carboxylic acids is 1. The van der Waals surface area contributed by atoms with Crippen LogP contribution in [0, 0.1) is 0 Å². The van der Waals surface area contributed by atoms with Crippen LogP contribution >= 0.6 is 0 Å². The number of likely N-dealkylation sites (tertiary alicyclic amines) is 1. The third kappa shape index (κ3) is 6.52. The monoisotopic (exact) mass is 401 g/mol. The van der Waals surface area contributed by atoms with Crippen LogP contribution in [0.5, 0.6) is 0 Å². The van der Waals surface area contributed by atoms with Gasteiger partial charge in [-0.05, 0) is 27.2 Å². The summed E-state index contributed by atoms with van der Waals surface area (Å²) in [5, 5.41) is 18.2. The van der Waals surface area contributed by atoms with E-state index >= 15 is 0 Å². The SMILES string of the molecule is CC(C)(C)OC(=O)N1CCN(CCCOC2CC(C(=O)O)N(C(=O)O)C2)CC1. The predicted molar refractivity (Wildman–Crippen MR) is 99.4 cm³/mol. The van der Waals surface area contributed by atoms with Crippen LogP contribution in [-0.4, -0.2) is 107 Å². The highest BCUT2D eigenvalue weighted by Gasteiger charge is 2.40. The van der Waals surface area contributed by atoms with Crippen molar-refractivity contribution in [2.24, 2.45) is 0 Å². The molecule has 2 amide bonds. The molecule has 10 heteroatoms. The summed E-state index contributed by atoms with van der Waals surface area (Å²) in [6.07, 6.45) is -0.973. The van der Waals surface area contributed by atoms with E-state index in [1.54, 1.807) is 4.90 Å². The minimum absolute atomic E-state index is 0.0842. The van der Waals surface area contributed by atoms with Crippen molar-refractivity contribution >= 4 is 18.2 Å². The molecule has 2 N–H and O–H groups in total. The van der Waals surface area contributed by atoms with Gasteiger partial charge >= 0.3 is 18.2 Å². The Morgan fingerprint density at radius 1 is 1.07 bits per heavy atom. The van der Waals surface area contributed by atoms with Crippen LogP contribution in [0.2, 0.25) is 0 Å². The normalized spacial score (nSPS) is 23.7. The molecular formula is C18H31N3O7. The molecule has 2 saturated heterocycles. The molecule has 2 aliphatic heterocycles. The molecule has 2 unspecified atom stereocenters. The van der Waals surface area contributed by atoms with Crippen LogP contribution in [0.1, 0.15) is 33.6 Å². The van der Waals surface area contributed by atoms with Crippen molar-refractivity contribution in [3.05, 3.63) is 0 Å². The largest absolute Gasteiger partial charge is 0.480 e. The minimum atomic E-state index is -1.23. The van der Waals surface area contributed by atoms with Gasteiger partial charge in [0.2, 0.25) is 0 Å². The quantitative estimate of drug-likeness (QED) is 0.636. The number of hydrogen-bond donors (Lipinski definition) is 2. The first-order valence-electron chi connectivity index (χ1n) is 9.61. The summed E-state index contributed by atoms with van der Waals surface area (Å²) in [6, 6.07) is -1.04. The predicted octanol–water partition coefficient (Wildman–Crippen LogP) is 1.15. The van der Waals surface area contributed by atoms with Gasteiger partial charge in [0.1, 0.15) is 11.6 Å². The molecule has 0 spiro atoms. The number of piperazine rings is 1. The molecule has 2 heterocycles. The van der Waals surface area contributed by atoms with E-state index in [-0.39, 0.29) is 25.2 Å². The van der Waals surface area contributed by atoms with E-state index in [9.17, 15) is 14.4 Å². The van der Waals surface area contributed by atoms with Crippen LogP contribution < -0.4 is 0 Å². The molecule has 0 aromatic rings.